The van der Waals surface area contributed by atoms with E-state index in [0.717, 1.165) is 51.6 Å². The summed E-state index contributed by atoms with van der Waals surface area (Å²) in [4.78, 5) is 0. The van der Waals surface area contributed by atoms with E-state index in [1.807, 2.05) is 0 Å². The van der Waals surface area contributed by atoms with Crippen LogP contribution in [0.15, 0.2) is 23.8 Å². The molecule has 1 aliphatic carbocycles. The Morgan fingerprint density at radius 2 is 1.49 bits per heavy atom. The van der Waals surface area contributed by atoms with Crippen LogP contribution in [0.5, 0.6) is 0 Å². The normalized spacial score (nSPS) is 25.5. The summed E-state index contributed by atoms with van der Waals surface area (Å²) >= 11 is 0. The quantitative estimate of drug-likeness (QED) is 0.189. The molecule has 1 aliphatic heterocycles. The lowest BCUT2D eigenvalue weighted by Crippen LogP contribution is -2.48. The molecule has 1 saturated carbocycles. The molecule has 1 saturated heterocycles. The molecule has 2 fully saturated rings. The van der Waals surface area contributed by atoms with Gasteiger partial charge in [0.25, 0.3) is 0 Å². The molecule has 0 radical (unpaired) electrons. The summed E-state index contributed by atoms with van der Waals surface area (Å²) in [6.07, 6.45) is 17.5. The maximum atomic E-state index is 6.92. The highest BCUT2D eigenvalue weighted by atomic mass is 28.4. The number of rotatable bonds is 11. The summed E-state index contributed by atoms with van der Waals surface area (Å²) in [6.45, 7) is 26.5. The van der Waals surface area contributed by atoms with Crippen molar-refractivity contribution in [3.8, 4) is 0 Å². The first-order chi connectivity index (χ1) is 17.0. The van der Waals surface area contributed by atoms with Crippen molar-refractivity contribution in [1.82, 2.24) is 0 Å². The monoisotopic (exact) mass is 552 g/mol. The fourth-order valence-corrected chi connectivity index (χ4v) is 7.33. The van der Waals surface area contributed by atoms with Gasteiger partial charge < -0.3 is 18.3 Å². The molecule has 0 aromatic carbocycles. The summed E-state index contributed by atoms with van der Waals surface area (Å²) in [5, 5.41) is 0.432. The lowest BCUT2D eigenvalue weighted by atomic mass is 9.90. The van der Waals surface area contributed by atoms with Gasteiger partial charge in [-0.1, -0.05) is 65.3 Å². The van der Waals surface area contributed by atoms with E-state index in [0.29, 0.717) is 0 Å². The molecule has 4 nitrogen and oxygen atoms in total. The predicted octanol–water partition coefficient (Wildman–Crippen LogP) is 9.54. The standard InChI is InChI=1S/C31H60O4Si2/c1-25(33-29-20-16-17-21-32-29)18-14-12-13-15-19-26-22-27(34-36(8,9)30(2,3)4)24-28(23-26)35-37(10,11)31(5,6)7/h13,15,19,25,27-29H,12,14,16-18,20-24H2,1-11H3/b15-13+/t25?,27-,28-,29-/m1/s1. The Morgan fingerprint density at radius 1 is 0.919 bits per heavy atom. The molecular weight excluding hydrogens is 493 g/mol. The average Bonchev–Trinajstić information content (AvgIpc) is 2.74. The van der Waals surface area contributed by atoms with Crippen molar-refractivity contribution in [3.63, 3.8) is 0 Å². The molecule has 0 spiro atoms. The Kier molecular flexibility index (Phi) is 12.4. The van der Waals surface area contributed by atoms with Crippen LogP contribution in [0.2, 0.25) is 36.3 Å². The van der Waals surface area contributed by atoms with Crippen molar-refractivity contribution in [2.45, 2.75) is 167 Å². The first-order valence-electron chi connectivity index (χ1n) is 15.0. The lowest BCUT2D eigenvalue weighted by Gasteiger charge is -2.45. The second kappa shape index (κ2) is 13.9. The van der Waals surface area contributed by atoms with Crippen LogP contribution in [0.1, 0.15) is 106 Å². The summed E-state index contributed by atoms with van der Waals surface area (Å²) < 4.78 is 25.6. The predicted molar refractivity (Wildman–Crippen MR) is 163 cm³/mol. The number of unbranched alkanes of at least 4 members (excludes halogenated alkanes) is 1. The van der Waals surface area contributed by atoms with E-state index in [2.05, 4.69) is 92.9 Å². The van der Waals surface area contributed by atoms with Crippen molar-refractivity contribution in [3.05, 3.63) is 23.8 Å². The second-order valence-corrected chi connectivity index (χ2v) is 24.1. The summed E-state index contributed by atoms with van der Waals surface area (Å²) in [6, 6.07) is 0. The van der Waals surface area contributed by atoms with Crippen molar-refractivity contribution in [2.24, 2.45) is 0 Å². The Hall–Kier alpha value is -0.246. The molecule has 0 aromatic heterocycles. The van der Waals surface area contributed by atoms with Crippen LogP contribution in [0, 0.1) is 0 Å². The molecule has 4 atom stereocenters. The zero-order chi connectivity index (χ0) is 27.9. The molecule has 216 valence electrons. The number of allylic oxidation sites excluding steroid dienone is 3. The molecule has 0 amide bonds. The molecule has 2 aliphatic rings. The fraction of sp³-hybridized carbons (Fsp3) is 0.871. The minimum absolute atomic E-state index is 0.0123. The number of ether oxygens (including phenoxy) is 2. The third-order valence-corrected chi connectivity index (χ3v) is 18.1. The zero-order valence-corrected chi connectivity index (χ0v) is 28.2. The second-order valence-electron chi connectivity index (χ2n) is 14.6. The maximum absolute atomic E-state index is 6.92. The van der Waals surface area contributed by atoms with Gasteiger partial charge in [-0.25, -0.2) is 0 Å². The third-order valence-electron chi connectivity index (χ3n) is 9.01. The van der Waals surface area contributed by atoms with Crippen LogP contribution in [-0.4, -0.2) is 47.8 Å². The van der Waals surface area contributed by atoms with E-state index in [9.17, 15) is 0 Å². The van der Waals surface area contributed by atoms with Crippen LogP contribution >= 0.6 is 0 Å². The average molecular weight is 553 g/mol. The van der Waals surface area contributed by atoms with Crippen LogP contribution in [0.3, 0.4) is 0 Å². The van der Waals surface area contributed by atoms with Gasteiger partial charge in [0.2, 0.25) is 0 Å². The van der Waals surface area contributed by atoms with Crippen molar-refractivity contribution in [1.29, 1.82) is 0 Å². The van der Waals surface area contributed by atoms with E-state index >= 15 is 0 Å². The molecule has 0 bridgehead atoms. The van der Waals surface area contributed by atoms with Gasteiger partial charge in [0, 0.05) is 6.61 Å². The maximum Gasteiger partial charge on any atom is 0.192 e. The van der Waals surface area contributed by atoms with E-state index in [1.165, 1.54) is 18.4 Å². The smallest absolute Gasteiger partial charge is 0.192 e. The highest BCUT2D eigenvalue weighted by Crippen LogP contribution is 2.43. The first-order valence-corrected chi connectivity index (χ1v) is 20.8. The van der Waals surface area contributed by atoms with Crippen molar-refractivity contribution >= 4 is 16.6 Å². The highest BCUT2D eigenvalue weighted by molar-refractivity contribution is 6.74. The Morgan fingerprint density at radius 3 is 1.97 bits per heavy atom. The van der Waals surface area contributed by atoms with E-state index < -0.39 is 16.6 Å². The molecule has 6 heteroatoms. The van der Waals surface area contributed by atoms with Gasteiger partial charge >= 0.3 is 0 Å². The molecule has 0 aromatic rings. The Balaban J connectivity index is 1.95. The molecule has 37 heavy (non-hydrogen) atoms. The van der Waals surface area contributed by atoms with E-state index in [1.54, 1.807) is 0 Å². The van der Waals surface area contributed by atoms with E-state index in [4.69, 9.17) is 18.3 Å². The Bertz CT molecular complexity index is 701. The summed E-state index contributed by atoms with van der Waals surface area (Å²) in [5.41, 5.74) is 1.47. The number of hydrogen-bond acceptors (Lipinski definition) is 4. The van der Waals surface area contributed by atoms with Gasteiger partial charge in [0.05, 0.1) is 18.3 Å². The molecule has 2 rings (SSSR count). The van der Waals surface area contributed by atoms with Crippen LogP contribution in [-0.2, 0) is 18.3 Å². The van der Waals surface area contributed by atoms with Crippen molar-refractivity contribution < 1.29 is 18.3 Å². The topological polar surface area (TPSA) is 36.9 Å². The van der Waals surface area contributed by atoms with Gasteiger partial charge in [-0.05, 0) is 101 Å². The largest absolute Gasteiger partial charge is 0.414 e. The van der Waals surface area contributed by atoms with Gasteiger partial charge in [0.1, 0.15) is 0 Å². The lowest BCUT2D eigenvalue weighted by molar-refractivity contribution is -0.185. The third kappa shape index (κ3) is 11.0. The molecule has 1 heterocycles. The molecular formula is C31H60O4Si2. The minimum atomic E-state index is -1.83. The summed E-state index contributed by atoms with van der Waals surface area (Å²) in [7, 11) is -3.67. The number of hydrogen-bond donors (Lipinski definition) is 0. The van der Waals surface area contributed by atoms with E-state index in [-0.39, 0.29) is 34.7 Å². The van der Waals surface area contributed by atoms with Crippen LogP contribution in [0.25, 0.3) is 0 Å². The van der Waals surface area contributed by atoms with Crippen LogP contribution < -0.4 is 0 Å². The SMILES string of the molecule is CC(CCC/C=C/C=C1C[C@@H](O[Si](C)(C)C(C)(C)C)C[C@H](O[Si](C)(C)C(C)(C)C)C1)O[C@@H]1CCCCO1. The molecule has 1 unspecified atom stereocenters. The van der Waals surface area contributed by atoms with Crippen molar-refractivity contribution in [2.75, 3.05) is 6.61 Å². The first kappa shape index (κ1) is 33.0. The minimum Gasteiger partial charge on any atom is -0.414 e. The van der Waals surface area contributed by atoms with Gasteiger partial charge in [-0.3, -0.25) is 0 Å². The van der Waals surface area contributed by atoms with Gasteiger partial charge in [-0.15, -0.1) is 0 Å². The fourth-order valence-electron chi connectivity index (χ4n) is 4.60. The highest BCUT2D eigenvalue weighted by Gasteiger charge is 2.43. The molecule has 0 N–H and O–H groups in total. The van der Waals surface area contributed by atoms with Gasteiger partial charge in [-0.2, -0.15) is 0 Å². The Labute approximate surface area is 232 Å². The summed E-state index contributed by atoms with van der Waals surface area (Å²) in [5.74, 6) is 0. The zero-order valence-electron chi connectivity index (χ0n) is 26.2. The van der Waals surface area contributed by atoms with Gasteiger partial charge in [0.15, 0.2) is 22.9 Å². The van der Waals surface area contributed by atoms with Crippen LogP contribution in [0.4, 0.5) is 0 Å².